The highest BCUT2D eigenvalue weighted by atomic mass is 16.5. The summed E-state index contributed by atoms with van der Waals surface area (Å²) >= 11 is 0. The number of alkyl carbamates (subject to hydrolysis) is 1. The Hall–Kier alpha value is -3.79. The molecule has 3 N–H and O–H groups in total. The molecule has 0 aliphatic heterocycles. The Labute approximate surface area is 193 Å². The number of fused-ring (bicyclic) bond motifs is 3. The summed E-state index contributed by atoms with van der Waals surface area (Å²) < 4.78 is 5.50. The van der Waals surface area contributed by atoms with Gasteiger partial charge in [-0.3, -0.25) is 9.59 Å². The lowest BCUT2D eigenvalue weighted by Gasteiger charge is -2.20. The zero-order chi connectivity index (χ0) is 23.8. The highest BCUT2D eigenvalue weighted by molar-refractivity contribution is 5.86. The van der Waals surface area contributed by atoms with Crippen LogP contribution in [-0.2, 0) is 14.3 Å². The molecule has 0 fully saturated rings. The van der Waals surface area contributed by atoms with Crippen LogP contribution in [0, 0.1) is 12.3 Å². The predicted molar refractivity (Wildman–Crippen MR) is 125 cm³/mol. The van der Waals surface area contributed by atoms with Gasteiger partial charge in [0.05, 0.1) is 0 Å². The maximum absolute atomic E-state index is 12.6. The lowest BCUT2D eigenvalue weighted by Crippen LogP contribution is -2.49. The molecule has 0 aromatic heterocycles. The molecule has 0 saturated carbocycles. The molecule has 2 atom stereocenters. The molecule has 1 aliphatic carbocycles. The minimum absolute atomic E-state index is 0.0118. The van der Waals surface area contributed by atoms with Crippen molar-refractivity contribution in [3.63, 3.8) is 0 Å². The van der Waals surface area contributed by atoms with E-state index in [4.69, 9.17) is 16.3 Å². The first-order valence-electron chi connectivity index (χ1n) is 11.0. The summed E-state index contributed by atoms with van der Waals surface area (Å²) in [5, 5.41) is 14.1. The molecule has 2 aromatic rings. The zero-order valence-electron chi connectivity index (χ0n) is 18.5. The van der Waals surface area contributed by atoms with Crippen LogP contribution in [0.5, 0.6) is 0 Å². The highest BCUT2D eigenvalue weighted by Crippen LogP contribution is 2.44. The average molecular weight is 449 g/mol. The number of ether oxygens (including phenoxy) is 1. The third-order valence-corrected chi connectivity index (χ3v) is 5.69. The van der Waals surface area contributed by atoms with E-state index >= 15 is 0 Å². The fraction of sp³-hybridized carbons (Fsp3) is 0.346. The number of carboxylic acid groups (broad SMARTS) is 1. The lowest BCUT2D eigenvalue weighted by molar-refractivity contribution is -0.137. The molecule has 0 bridgehead atoms. The van der Waals surface area contributed by atoms with E-state index in [1.54, 1.807) is 6.92 Å². The summed E-state index contributed by atoms with van der Waals surface area (Å²) in [6, 6.07) is 14.9. The number of rotatable bonds is 10. The second kappa shape index (κ2) is 11.2. The third-order valence-electron chi connectivity index (χ3n) is 5.69. The molecule has 7 heteroatoms. The normalized spacial score (nSPS) is 13.7. The zero-order valence-corrected chi connectivity index (χ0v) is 18.5. The van der Waals surface area contributed by atoms with Gasteiger partial charge in [-0.25, -0.2) is 4.79 Å². The monoisotopic (exact) mass is 448 g/mol. The van der Waals surface area contributed by atoms with Crippen LogP contribution in [0.4, 0.5) is 4.79 Å². The molecule has 3 rings (SSSR count). The second-order valence-electron chi connectivity index (χ2n) is 8.13. The summed E-state index contributed by atoms with van der Waals surface area (Å²) in [6.07, 6.45) is 5.65. The van der Waals surface area contributed by atoms with Crippen molar-refractivity contribution in [2.24, 2.45) is 0 Å². The first kappa shape index (κ1) is 23.9. The van der Waals surface area contributed by atoms with Crippen molar-refractivity contribution < 1.29 is 24.2 Å². The Morgan fingerprint density at radius 1 is 1.06 bits per heavy atom. The van der Waals surface area contributed by atoms with Gasteiger partial charge in [-0.15, -0.1) is 12.3 Å². The summed E-state index contributed by atoms with van der Waals surface area (Å²) in [7, 11) is 0. The van der Waals surface area contributed by atoms with E-state index in [2.05, 4.69) is 28.7 Å². The van der Waals surface area contributed by atoms with Gasteiger partial charge in [-0.2, -0.15) is 0 Å². The number of hydrogen-bond donors (Lipinski definition) is 3. The fourth-order valence-corrected chi connectivity index (χ4v) is 4.08. The Balaban J connectivity index is 1.57. The van der Waals surface area contributed by atoms with E-state index < -0.39 is 24.0 Å². The van der Waals surface area contributed by atoms with Crippen LogP contribution in [-0.4, -0.2) is 41.8 Å². The first-order chi connectivity index (χ1) is 15.9. The number of benzene rings is 2. The van der Waals surface area contributed by atoms with Gasteiger partial charge >= 0.3 is 12.1 Å². The summed E-state index contributed by atoms with van der Waals surface area (Å²) in [4.78, 5) is 35.7. The molecule has 7 nitrogen and oxygen atoms in total. The number of nitrogens with one attached hydrogen (secondary N) is 2. The minimum atomic E-state index is -0.937. The van der Waals surface area contributed by atoms with E-state index in [0.717, 1.165) is 22.3 Å². The van der Waals surface area contributed by atoms with E-state index in [9.17, 15) is 14.4 Å². The summed E-state index contributed by atoms with van der Waals surface area (Å²) in [6.45, 7) is 1.91. The van der Waals surface area contributed by atoms with Crippen molar-refractivity contribution in [3.05, 3.63) is 59.7 Å². The largest absolute Gasteiger partial charge is 0.481 e. The molecule has 172 valence electrons. The number of aliphatic carboxylic acids is 1. The Bertz CT molecular complexity index is 1010. The van der Waals surface area contributed by atoms with E-state index in [-0.39, 0.29) is 31.4 Å². The third kappa shape index (κ3) is 6.13. The summed E-state index contributed by atoms with van der Waals surface area (Å²) in [5.74, 6) is 1.01. The standard InChI is InChI=1S/C26H28N2O5/c1-3-9-23(25(31)27-17(2)10-8-15-24(29)30)28-26(32)33-16-22-20-13-6-4-11-18(20)19-12-5-7-14-21(19)22/h1,4-7,11-14,17,22-23H,8-10,15-16H2,2H3,(H,27,31)(H,28,32)(H,29,30). The quantitative estimate of drug-likeness (QED) is 0.481. The van der Waals surface area contributed by atoms with Gasteiger partial charge in [0.1, 0.15) is 12.6 Å². The molecule has 33 heavy (non-hydrogen) atoms. The highest BCUT2D eigenvalue weighted by Gasteiger charge is 2.29. The van der Waals surface area contributed by atoms with Crippen LogP contribution in [0.25, 0.3) is 11.1 Å². The number of carbonyl (C=O) groups is 3. The van der Waals surface area contributed by atoms with E-state index in [1.165, 1.54) is 0 Å². The number of carboxylic acids is 1. The Morgan fingerprint density at radius 3 is 2.24 bits per heavy atom. The van der Waals surface area contributed by atoms with Crippen LogP contribution in [0.15, 0.2) is 48.5 Å². The molecule has 0 spiro atoms. The number of amides is 2. The molecule has 2 aromatic carbocycles. The molecular formula is C26H28N2O5. The van der Waals surface area contributed by atoms with E-state index in [0.29, 0.717) is 12.8 Å². The van der Waals surface area contributed by atoms with Gasteiger partial charge in [0.15, 0.2) is 0 Å². The molecule has 0 radical (unpaired) electrons. The molecule has 1 aliphatic rings. The lowest BCUT2D eigenvalue weighted by atomic mass is 9.98. The number of terminal acetylenes is 1. The predicted octanol–water partition coefficient (Wildman–Crippen LogP) is 3.68. The Morgan fingerprint density at radius 2 is 1.67 bits per heavy atom. The van der Waals surface area contributed by atoms with Gasteiger partial charge in [0, 0.05) is 24.8 Å². The van der Waals surface area contributed by atoms with Crippen molar-refractivity contribution in [3.8, 4) is 23.5 Å². The smallest absolute Gasteiger partial charge is 0.407 e. The summed E-state index contributed by atoms with van der Waals surface area (Å²) in [5.41, 5.74) is 4.45. The number of carbonyl (C=O) groups excluding carboxylic acids is 2. The maximum atomic E-state index is 12.6. The van der Waals surface area contributed by atoms with Crippen LogP contribution in [0.2, 0.25) is 0 Å². The van der Waals surface area contributed by atoms with Gasteiger partial charge in [0.2, 0.25) is 5.91 Å². The van der Waals surface area contributed by atoms with Crippen molar-refractivity contribution in [2.75, 3.05) is 6.61 Å². The van der Waals surface area contributed by atoms with Crippen molar-refractivity contribution in [1.82, 2.24) is 10.6 Å². The maximum Gasteiger partial charge on any atom is 0.407 e. The van der Waals surface area contributed by atoms with Crippen molar-refractivity contribution in [2.45, 2.75) is 50.6 Å². The van der Waals surface area contributed by atoms with E-state index in [1.807, 2.05) is 36.4 Å². The number of hydrogen-bond acceptors (Lipinski definition) is 4. The van der Waals surface area contributed by atoms with Crippen molar-refractivity contribution in [1.29, 1.82) is 0 Å². The van der Waals surface area contributed by atoms with Crippen LogP contribution in [0.3, 0.4) is 0 Å². The van der Waals surface area contributed by atoms with Gasteiger partial charge in [-0.05, 0) is 42.0 Å². The molecular weight excluding hydrogens is 420 g/mol. The topological polar surface area (TPSA) is 105 Å². The molecule has 0 saturated heterocycles. The van der Waals surface area contributed by atoms with Crippen molar-refractivity contribution >= 4 is 18.0 Å². The first-order valence-corrected chi connectivity index (χ1v) is 11.0. The second-order valence-corrected chi connectivity index (χ2v) is 8.13. The van der Waals surface area contributed by atoms with Gasteiger partial charge in [-0.1, -0.05) is 48.5 Å². The SMILES string of the molecule is C#CCC(NC(=O)OCC1c2ccccc2-c2ccccc21)C(=O)NC(C)CCCC(=O)O. The van der Waals surface area contributed by atoms with Crippen LogP contribution < -0.4 is 10.6 Å². The van der Waals surface area contributed by atoms with Gasteiger partial charge in [0.25, 0.3) is 0 Å². The average Bonchev–Trinajstić information content (AvgIpc) is 3.11. The molecule has 2 unspecified atom stereocenters. The minimum Gasteiger partial charge on any atom is -0.481 e. The molecule has 2 amide bonds. The Kier molecular flexibility index (Phi) is 8.09. The van der Waals surface area contributed by atoms with Crippen LogP contribution in [0.1, 0.15) is 49.7 Å². The van der Waals surface area contributed by atoms with Crippen LogP contribution >= 0.6 is 0 Å². The molecule has 0 heterocycles. The fourth-order valence-electron chi connectivity index (χ4n) is 4.08. The van der Waals surface area contributed by atoms with Gasteiger partial charge < -0.3 is 20.5 Å².